The van der Waals surface area contributed by atoms with E-state index in [1.54, 1.807) is 0 Å². The van der Waals surface area contributed by atoms with Crippen molar-refractivity contribution in [1.29, 1.82) is 0 Å². The number of nitrogens with one attached hydrogen (secondary N) is 2. The van der Waals surface area contributed by atoms with Crippen LogP contribution in [0.5, 0.6) is 0 Å². The van der Waals surface area contributed by atoms with E-state index in [1.165, 1.54) is 21.8 Å². The standard InChI is InChI=1S/C24H25N9O8S3/c34-11-25-23-26-14(10-43-23)16(29-41-13-4-2-1-3-5-13)19(37)27-17-20(38)33-18(22(39)40)12(8-42-21(17)33)9-44-24-28-30-31-32(24)7-6-15(35)36/h2,4,10-11,13,17,21H,1,3,5-9H2,(H,27,37)(H,35,36)(H,39,40)(H,25,26,34)/t13?,17?,21-/m0/s1. The summed E-state index contributed by atoms with van der Waals surface area (Å²) in [6.07, 6.45) is 6.26. The third-order valence-electron chi connectivity index (χ3n) is 6.58. The van der Waals surface area contributed by atoms with Crippen LogP contribution in [-0.4, -0.2) is 105 Å². The van der Waals surface area contributed by atoms with Gasteiger partial charge in [-0.05, 0) is 41.3 Å². The molecule has 44 heavy (non-hydrogen) atoms. The Bertz CT molecular complexity index is 1550. The first-order chi connectivity index (χ1) is 21.3. The number of hydrogen-bond acceptors (Lipinski definition) is 14. The lowest BCUT2D eigenvalue weighted by molar-refractivity contribution is -0.150. The van der Waals surface area contributed by atoms with Crippen LogP contribution in [0.1, 0.15) is 31.4 Å². The Balaban J connectivity index is 1.29. The topological polar surface area (TPSA) is 231 Å². The number of hydrogen-bond donors (Lipinski definition) is 4. The predicted octanol–water partition coefficient (Wildman–Crippen LogP) is 0.533. The quantitative estimate of drug-likeness (QED) is 0.0540. The summed E-state index contributed by atoms with van der Waals surface area (Å²) in [6.45, 7) is 0.0435. The molecule has 2 aliphatic heterocycles. The number of thiazole rings is 1. The third-order valence-corrected chi connectivity index (χ3v) is 9.74. The van der Waals surface area contributed by atoms with Crippen molar-refractivity contribution in [3.63, 3.8) is 0 Å². The summed E-state index contributed by atoms with van der Waals surface area (Å²) >= 11 is 3.48. The lowest BCUT2D eigenvalue weighted by Crippen LogP contribution is -2.71. The van der Waals surface area contributed by atoms with Gasteiger partial charge in [-0.3, -0.25) is 24.1 Å². The Morgan fingerprint density at radius 2 is 2.14 bits per heavy atom. The van der Waals surface area contributed by atoms with Crippen molar-refractivity contribution in [2.24, 2.45) is 5.16 Å². The Morgan fingerprint density at radius 1 is 1.30 bits per heavy atom. The minimum atomic E-state index is -1.30. The first-order valence-electron chi connectivity index (χ1n) is 13.1. The number of tetrazole rings is 1. The molecule has 0 saturated carbocycles. The Hall–Kier alpha value is -4.30. The highest BCUT2D eigenvalue weighted by Gasteiger charge is 2.54. The molecule has 4 N–H and O–H groups in total. The highest BCUT2D eigenvalue weighted by Crippen LogP contribution is 2.41. The van der Waals surface area contributed by atoms with Gasteiger partial charge in [0.15, 0.2) is 10.8 Å². The summed E-state index contributed by atoms with van der Waals surface area (Å²) < 4.78 is 1.31. The van der Waals surface area contributed by atoms with Crippen LogP contribution >= 0.6 is 34.9 Å². The van der Waals surface area contributed by atoms with E-state index in [4.69, 9.17) is 9.94 Å². The molecule has 17 nitrogen and oxygen atoms in total. The van der Waals surface area contributed by atoms with Gasteiger partial charge in [0.1, 0.15) is 28.9 Å². The number of rotatable bonds is 14. The van der Waals surface area contributed by atoms with E-state index < -0.39 is 35.2 Å². The van der Waals surface area contributed by atoms with Crippen LogP contribution in [0.4, 0.5) is 5.13 Å². The predicted molar refractivity (Wildman–Crippen MR) is 157 cm³/mol. The fraction of sp³-hybridized carbons (Fsp3) is 0.417. The molecule has 1 fully saturated rings. The van der Waals surface area contributed by atoms with Gasteiger partial charge >= 0.3 is 11.9 Å². The lowest BCUT2D eigenvalue weighted by atomic mass is 10.0. The number of amides is 3. The van der Waals surface area contributed by atoms with Crippen molar-refractivity contribution in [3.8, 4) is 0 Å². The van der Waals surface area contributed by atoms with Crippen LogP contribution in [0.2, 0.25) is 0 Å². The van der Waals surface area contributed by atoms with E-state index in [2.05, 4.69) is 36.3 Å². The third kappa shape index (κ3) is 6.91. The lowest BCUT2D eigenvalue weighted by Gasteiger charge is -2.49. The van der Waals surface area contributed by atoms with E-state index in [9.17, 15) is 29.1 Å². The molecule has 3 amide bonds. The van der Waals surface area contributed by atoms with E-state index in [0.29, 0.717) is 23.6 Å². The maximum atomic E-state index is 13.4. The zero-order chi connectivity index (χ0) is 31.2. The van der Waals surface area contributed by atoms with Gasteiger partial charge in [0.05, 0.1) is 13.0 Å². The van der Waals surface area contributed by atoms with E-state index in [0.717, 1.165) is 40.8 Å². The van der Waals surface area contributed by atoms with Gasteiger partial charge in [0.2, 0.25) is 11.6 Å². The number of anilines is 1. The van der Waals surface area contributed by atoms with Crippen molar-refractivity contribution in [2.75, 3.05) is 16.8 Å². The summed E-state index contributed by atoms with van der Waals surface area (Å²) in [4.78, 5) is 71.6. The Kier molecular flexibility index (Phi) is 9.90. The van der Waals surface area contributed by atoms with Gasteiger partial charge in [-0.15, -0.1) is 28.2 Å². The molecule has 0 spiro atoms. The van der Waals surface area contributed by atoms with Gasteiger partial charge in [-0.2, -0.15) is 0 Å². The van der Waals surface area contributed by atoms with E-state index in [-0.39, 0.29) is 52.8 Å². The van der Waals surface area contributed by atoms with Crippen molar-refractivity contribution in [3.05, 3.63) is 34.5 Å². The average Bonchev–Trinajstić information content (AvgIpc) is 3.67. The molecule has 232 valence electrons. The number of aromatic nitrogens is 5. The highest BCUT2D eigenvalue weighted by molar-refractivity contribution is 8.01. The first kappa shape index (κ1) is 31.1. The summed E-state index contributed by atoms with van der Waals surface area (Å²) in [5.41, 5.74) is 0.195. The maximum Gasteiger partial charge on any atom is 0.352 e. The largest absolute Gasteiger partial charge is 0.481 e. The van der Waals surface area contributed by atoms with Crippen LogP contribution in [-0.2, 0) is 35.4 Å². The average molecular weight is 664 g/mol. The summed E-state index contributed by atoms with van der Waals surface area (Å²) in [5.74, 6) is -3.29. The van der Waals surface area contributed by atoms with Gasteiger partial charge in [-0.1, -0.05) is 23.0 Å². The molecule has 3 atom stereocenters. The Morgan fingerprint density at radius 3 is 2.86 bits per heavy atom. The molecule has 5 rings (SSSR count). The molecule has 2 aromatic rings. The highest BCUT2D eigenvalue weighted by atomic mass is 32.2. The zero-order valence-electron chi connectivity index (χ0n) is 22.7. The van der Waals surface area contributed by atoms with Gasteiger partial charge in [-0.25, -0.2) is 14.5 Å². The van der Waals surface area contributed by atoms with Crippen LogP contribution in [0.25, 0.3) is 0 Å². The number of carbonyl (C=O) groups is 5. The minimum absolute atomic E-state index is 0.0435. The summed E-state index contributed by atoms with van der Waals surface area (Å²) in [5, 5.41) is 40.6. The number of carboxylic acid groups (broad SMARTS) is 2. The van der Waals surface area contributed by atoms with Gasteiger partial charge < -0.3 is 25.7 Å². The molecule has 1 saturated heterocycles. The number of nitrogens with zero attached hydrogens (tertiary/aromatic N) is 7. The van der Waals surface area contributed by atoms with Crippen LogP contribution < -0.4 is 10.6 Å². The molecular formula is C24H25N9O8S3. The van der Waals surface area contributed by atoms with Crippen LogP contribution in [0, 0.1) is 0 Å². The van der Waals surface area contributed by atoms with Crippen molar-refractivity contribution < 1.29 is 39.0 Å². The van der Waals surface area contributed by atoms with E-state index in [1.807, 2.05) is 12.2 Å². The SMILES string of the molecule is O=CNc1nc(C(=NOC2C=CCCC2)C(=O)NC2C(=O)N3C(C(=O)O)=C(CSc4nnnn4CCC(=O)O)CS[C@@H]23)cs1. The molecule has 2 aromatic heterocycles. The number of β-lactam (4-membered cyclic amide) rings is 1. The summed E-state index contributed by atoms with van der Waals surface area (Å²) in [6, 6.07) is -1.04. The number of allylic oxidation sites excluding steroid dienone is 1. The van der Waals surface area contributed by atoms with Gasteiger partial charge in [0, 0.05) is 16.9 Å². The minimum Gasteiger partial charge on any atom is -0.481 e. The van der Waals surface area contributed by atoms with Crippen LogP contribution in [0.15, 0.2) is 39.1 Å². The molecule has 0 bridgehead atoms. The van der Waals surface area contributed by atoms with Crippen molar-refractivity contribution >= 4 is 75.9 Å². The van der Waals surface area contributed by atoms with Gasteiger partial charge in [0.25, 0.3) is 11.8 Å². The molecule has 0 aromatic carbocycles. The normalized spacial score (nSPS) is 21.4. The monoisotopic (exact) mass is 663 g/mol. The number of carboxylic acids is 2. The maximum absolute atomic E-state index is 13.4. The second-order valence-corrected chi connectivity index (χ2v) is 12.4. The summed E-state index contributed by atoms with van der Waals surface area (Å²) in [7, 11) is 0. The second-order valence-electron chi connectivity index (χ2n) is 9.48. The molecule has 1 aliphatic carbocycles. The molecule has 20 heteroatoms. The van der Waals surface area contributed by atoms with E-state index >= 15 is 0 Å². The molecule has 2 unspecified atom stereocenters. The second kappa shape index (κ2) is 14.0. The number of oxime groups is 1. The number of fused-ring (bicyclic) bond motifs is 1. The molecule has 3 aliphatic rings. The number of carbonyl (C=O) groups excluding carboxylic acids is 3. The van der Waals surface area contributed by atoms with Crippen LogP contribution in [0.3, 0.4) is 0 Å². The molecule has 4 heterocycles. The Labute approximate surface area is 261 Å². The van der Waals surface area contributed by atoms with Crippen molar-refractivity contribution in [1.82, 2.24) is 35.4 Å². The molecule has 0 radical (unpaired) electrons. The fourth-order valence-electron chi connectivity index (χ4n) is 4.49. The number of aliphatic carboxylic acids is 2. The number of aryl methyl sites for hydroxylation is 1. The zero-order valence-corrected chi connectivity index (χ0v) is 25.1. The fourth-order valence-corrected chi connectivity index (χ4v) is 7.53. The van der Waals surface area contributed by atoms with Crippen molar-refractivity contribution in [2.45, 2.75) is 54.9 Å². The molecular weight excluding hydrogens is 639 g/mol. The smallest absolute Gasteiger partial charge is 0.352 e. The first-order valence-corrected chi connectivity index (χ1v) is 16.1. The number of thioether (sulfide) groups is 2.